The highest BCUT2D eigenvalue weighted by Gasteiger charge is 2.28. The number of fused-ring (bicyclic) bond motifs is 1. The van der Waals surface area contributed by atoms with E-state index in [1.807, 2.05) is 63.6 Å². The van der Waals surface area contributed by atoms with Crippen LogP contribution in [0.5, 0.6) is 5.75 Å². The van der Waals surface area contributed by atoms with E-state index < -0.39 is 8.07 Å². The molecule has 0 atom stereocenters. The van der Waals surface area contributed by atoms with Crippen molar-refractivity contribution < 1.29 is 19.0 Å². The maximum absolute atomic E-state index is 13.7. The Labute approximate surface area is 290 Å². The lowest BCUT2D eigenvalue weighted by Crippen LogP contribution is -2.22. The van der Waals surface area contributed by atoms with Crippen LogP contribution in [0.25, 0.3) is 22.0 Å². The second-order valence-electron chi connectivity index (χ2n) is 13.4. The van der Waals surface area contributed by atoms with Gasteiger partial charge in [0.1, 0.15) is 18.2 Å². The first-order valence-electron chi connectivity index (χ1n) is 16.5. The largest absolute Gasteiger partial charge is 0.494 e. The Morgan fingerprint density at radius 2 is 1.70 bits per heavy atom. The minimum atomic E-state index is -1.21. The van der Waals surface area contributed by atoms with Crippen LogP contribution in [0.2, 0.25) is 35.7 Å². The van der Waals surface area contributed by atoms with Crippen molar-refractivity contribution in [2.75, 3.05) is 26.4 Å². The predicted molar refractivity (Wildman–Crippen MR) is 196 cm³/mol. The molecule has 256 valence electrons. The van der Waals surface area contributed by atoms with Gasteiger partial charge in [0, 0.05) is 48.5 Å². The smallest absolute Gasteiger partial charge is 0.355 e. The van der Waals surface area contributed by atoms with Crippen LogP contribution in [0, 0.1) is 27.7 Å². The summed E-state index contributed by atoms with van der Waals surface area (Å²) in [7, 11) is -1.21. The highest BCUT2D eigenvalue weighted by molar-refractivity contribution is 6.76. The van der Waals surface area contributed by atoms with Gasteiger partial charge in [0.25, 0.3) is 0 Å². The number of nitrogens with two attached hydrogens (primary N) is 1. The quantitative estimate of drug-likeness (QED) is 0.0713. The number of aromatic nitrogens is 3. The standard InChI is InChI=1S/C36H50Cl2N4O4Si/c1-9-45-36(43)35-28(12-10-17-46-27-20-23(2)33(38)24(3)21-27)29-13-14-30(37)32(34(29)41(35)16-11-15-39)31-25(4)40-42(26(31)5)22-44-18-19-47(6,7)8/h13-14,20-21H,9-12,15-19,22,39H2,1-8H3. The van der Waals surface area contributed by atoms with Gasteiger partial charge in [-0.1, -0.05) is 48.9 Å². The van der Waals surface area contributed by atoms with E-state index in [4.69, 9.17) is 48.2 Å². The van der Waals surface area contributed by atoms with Crippen LogP contribution >= 0.6 is 23.2 Å². The summed E-state index contributed by atoms with van der Waals surface area (Å²) >= 11 is 13.4. The molecule has 0 saturated carbocycles. The Hall–Kier alpha value is -2.82. The number of hydrogen-bond donors (Lipinski definition) is 1. The molecule has 0 radical (unpaired) electrons. The normalized spacial score (nSPS) is 11.9. The van der Waals surface area contributed by atoms with E-state index in [1.165, 1.54) is 0 Å². The second kappa shape index (κ2) is 16.1. The van der Waals surface area contributed by atoms with E-state index in [-0.39, 0.29) is 12.6 Å². The van der Waals surface area contributed by atoms with Crippen LogP contribution in [0.15, 0.2) is 24.3 Å². The van der Waals surface area contributed by atoms with Gasteiger partial charge in [-0.25, -0.2) is 9.48 Å². The van der Waals surface area contributed by atoms with Gasteiger partial charge < -0.3 is 24.5 Å². The molecule has 0 amide bonds. The van der Waals surface area contributed by atoms with Gasteiger partial charge in [-0.2, -0.15) is 5.10 Å². The number of carbonyl (C=O) groups is 1. The molecule has 2 N–H and O–H groups in total. The fourth-order valence-corrected chi connectivity index (χ4v) is 7.14. The number of benzene rings is 2. The van der Waals surface area contributed by atoms with E-state index in [1.54, 1.807) is 0 Å². The second-order valence-corrected chi connectivity index (χ2v) is 19.8. The van der Waals surface area contributed by atoms with Gasteiger partial charge >= 0.3 is 5.97 Å². The van der Waals surface area contributed by atoms with Crippen molar-refractivity contribution in [2.24, 2.45) is 5.73 Å². The molecule has 2 aromatic carbocycles. The zero-order valence-corrected chi connectivity index (χ0v) is 31.7. The van der Waals surface area contributed by atoms with E-state index in [0.29, 0.717) is 63.0 Å². The summed E-state index contributed by atoms with van der Waals surface area (Å²) in [6.45, 7) is 19.7. The van der Waals surface area contributed by atoms with Crippen LogP contribution in [-0.4, -0.2) is 54.8 Å². The maximum atomic E-state index is 13.7. The van der Waals surface area contributed by atoms with Gasteiger partial charge in [0.2, 0.25) is 0 Å². The highest BCUT2D eigenvalue weighted by atomic mass is 35.5. The van der Waals surface area contributed by atoms with Gasteiger partial charge in [-0.3, -0.25) is 0 Å². The lowest BCUT2D eigenvalue weighted by Gasteiger charge is -2.16. The Balaban J connectivity index is 1.78. The number of hydrogen-bond acceptors (Lipinski definition) is 6. The van der Waals surface area contributed by atoms with Crippen molar-refractivity contribution in [3.05, 3.63) is 68.1 Å². The van der Waals surface area contributed by atoms with Gasteiger partial charge in [-0.05, 0) is 101 Å². The number of aryl methyl sites for hydroxylation is 5. The lowest BCUT2D eigenvalue weighted by atomic mass is 9.98. The Kier molecular flexibility index (Phi) is 12.6. The van der Waals surface area contributed by atoms with Crippen molar-refractivity contribution >= 4 is 48.1 Å². The zero-order chi connectivity index (χ0) is 34.5. The van der Waals surface area contributed by atoms with Crippen molar-refractivity contribution in [1.82, 2.24) is 14.3 Å². The minimum absolute atomic E-state index is 0.269. The van der Waals surface area contributed by atoms with Crippen molar-refractivity contribution in [1.29, 1.82) is 0 Å². The topological polar surface area (TPSA) is 93.5 Å². The van der Waals surface area contributed by atoms with Gasteiger partial charge in [-0.15, -0.1) is 0 Å². The summed E-state index contributed by atoms with van der Waals surface area (Å²) in [4.78, 5) is 13.7. The average Bonchev–Trinajstić information content (AvgIpc) is 3.47. The van der Waals surface area contributed by atoms with Crippen molar-refractivity contribution in [3.63, 3.8) is 0 Å². The first-order chi connectivity index (χ1) is 22.3. The fraction of sp³-hybridized carbons (Fsp3) is 0.500. The summed E-state index contributed by atoms with van der Waals surface area (Å²) in [5.41, 5.74) is 13.9. The predicted octanol–water partition coefficient (Wildman–Crippen LogP) is 8.89. The fourth-order valence-electron chi connectivity index (χ4n) is 6.03. The molecule has 0 aliphatic carbocycles. The van der Waals surface area contributed by atoms with E-state index in [2.05, 4.69) is 24.2 Å². The number of halogens is 2. The zero-order valence-electron chi connectivity index (χ0n) is 29.2. The number of ether oxygens (including phenoxy) is 3. The Bertz CT molecular complexity index is 1700. The molecule has 2 heterocycles. The van der Waals surface area contributed by atoms with Crippen LogP contribution in [-0.2, 0) is 29.2 Å². The number of nitrogens with zero attached hydrogens (tertiary/aromatic N) is 3. The third kappa shape index (κ3) is 8.62. The third-order valence-electron chi connectivity index (χ3n) is 8.42. The first-order valence-corrected chi connectivity index (χ1v) is 21.0. The summed E-state index contributed by atoms with van der Waals surface area (Å²) in [6, 6.07) is 8.92. The molecular formula is C36H50Cl2N4O4Si. The van der Waals surface area contributed by atoms with Crippen LogP contribution in [0.1, 0.15) is 58.3 Å². The summed E-state index contributed by atoms with van der Waals surface area (Å²) < 4.78 is 21.8. The molecule has 11 heteroatoms. The molecule has 4 rings (SSSR count). The molecule has 0 saturated heterocycles. The van der Waals surface area contributed by atoms with Crippen LogP contribution < -0.4 is 10.5 Å². The van der Waals surface area contributed by atoms with Gasteiger partial charge in [0.05, 0.1) is 29.4 Å². The SMILES string of the molecule is CCOC(=O)c1c(CCCOc2cc(C)c(Cl)c(C)c2)c2ccc(Cl)c(-c3c(C)nn(COCC[Si](C)(C)C)c3C)c2n1CCCN. The summed E-state index contributed by atoms with van der Waals surface area (Å²) in [6.07, 6.45) is 1.98. The molecule has 0 aliphatic heterocycles. The molecule has 4 aromatic rings. The van der Waals surface area contributed by atoms with Crippen LogP contribution in [0.3, 0.4) is 0 Å². The van der Waals surface area contributed by atoms with Gasteiger partial charge in [0.15, 0.2) is 0 Å². The Morgan fingerprint density at radius 3 is 2.34 bits per heavy atom. The van der Waals surface area contributed by atoms with E-state index in [9.17, 15) is 4.79 Å². The number of carbonyl (C=O) groups excluding carboxylic acids is 1. The molecule has 0 bridgehead atoms. The minimum Gasteiger partial charge on any atom is -0.494 e. The highest BCUT2D eigenvalue weighted by Crippen LogP contribution is 2.42. The van der Waals surface area contributed by atoms with Crippen LogP contribution in [0.4, 0.5) is 0 Å². The monoisotopic (exact) mass is 700 g/mol. The molecule has 0 spiro atoms. The van der Waals surface area contributed by atoms with Crippen molar-refractivity contribution in [3.8, 4) is 16.9 Å². The summed E-state index contributed by atoms with van der Waals surface area (Å²) in [5.74, 6) is 0.421. The van der Waals surface area contributed by atoms with Crippen molar-refractivity contribution in [2.45, 2.75) is 92.8 Å². The Morgan fingerprint density at radius 1 is 1.00 bits per heavy atom. The van der Waals surface area contributed by atoms with E-state index >= 15 is 0 Å². The summed E-state index contributed by atoms with van der Waals surface area (Å²) in [5, 5.41) is 7.16. The molecule has 8 nitrogen and oxygen atoms in total. The number of esters is 1. The molecule has 0 unspecified atom stereocenters. The lowest BCUT2D eigenvalue weighted by molar-refractivity contribution is 0.0512. The first kappa shape index (κ1) is 37.0. The molecule has 2 aromatic heterocycles. The number of rotatable bonds is 16. The molecule has 0 fully saturated rings. The third-order valence-corrected chi connectivity index (χ3v) is 11.0. The molecular weight excluding hydrogens is 651 g/mol. The molecule has 0 aliphatic rings. The maximum Gasteiger partial charge on any atom is 0.355 e. The average molecular weight is 702 g/mol. The molecule has 47 heavy (non-hydrogen) atoms. The van der Waals surface area contributed by atoms with E-state index in [0.717, 1.165) is 66.9 Å².